The number of amides is 1. The molecule has 1 aliphatic rings. The zero-order chi connectivity index (χ0) is 19.7. The summed E-state index contributed by atoms with van der Waals surface area (Å²) in [6, 6.07) is 1.55. The SMILES string of the molecule is Cc1nc(-c2csc(S(=O)(=O)N3CCCC(C(=O)Nc4nccs4)C3)c2)no1. The Labute approximate surface area is 169 Å². The van der Waals surface area contributed by atoms with Crippen LogP contribution in [0.2, 0.25) is 0 Å². The van der Waals surface area contributed by atoms with E-state index in [-0.39, 0.29) is 16.7 Å². The molecule has 0 saturated carbocycles. The Balaban J connectivity index is 1.49. The first kappa shape index (κ1) is 19.2. The number of carbonyl (C=O) groups is 1. The molecule has 0 radical (unpaired) electrons. The molecule has 1 amide bonds. The van der Waals surface area contributed by atoms with Gasteiger partial charge in [0, 0.05) is 42.5 Å². The average Bonchev–Trinajstić information content (AvgIpc) is 3.43. The maximum atomic E-state index is 13.1. The highest BCUT2D eigenvalue weighted by molar-refractivity contribution is 7.91. The van der Waals surface area contributed by atoms with Crippen molar-refractivity contribution in [1.29, 1.82) is 0 Å². The van der Waals surface area contributed by atoms with E-state index in [1.807, 2.05) is 0 Å². The summed E-state index contributed by atoms with van der Waals surface area (Å²) in [5, 5.41) is 10.5. The van der Waals surface area contributed by atoms with Gasteiger partial charge >= 0.3 is 0 Å². The summed E-state index contributed by atoms with van der Waals surface area (Å²) in [6.07, 6.45) is 2.87. The number of nitrogens with one attached hydrogen (secondary N) is 1. The second-order valence-electron chi connectivity index (χ2n) is 6.32. The summed E-state index contributed by atoms with van der Waals surface area (Å²) in [5.41, 5.74) is 0.593. The molecule has 0 aliphatic carbocycles. The van der Waals surface area contributed by atoms with Gasteiger partial charge in [0.25, 0.3) is 10.0 Å². The predicted molar refractivity (Wildman–Crippen MR) is 105 cm³/mol. The van der Waals surface area contributed by atoms with Crippen molar-refractivity contribution in [2.75, 3.05) is 18.4 Å². The fraction of sp³-hybridized carbons (Fsp3) is 0.375. The van der Waals surface area contributed by atoms with Crippen molar-refractivity contribution in [3.8, 4) is 11.4 Å². The van der Waals surface area contributed by atoms with E-state index >= 15 is 0 Å². The highest BCUT2D eigenvalue weighted by Crippen LogP contribution is 2.31. The van der Waals surface area contributed by atoms with Crippen LogP contribution in [0.4, 0.5) is 5.13 Å². The number of hydrogen-bond donors (Lipinski definition) is 1. The van der Waals surface area contributed by atoms with E-state index in [1.54, 1.807) is 29.9 Å². The van der Waals surface area contributed by atoms with Crippen molar-refractivity contribution in [3.63, 3.8) is 0 Å². The fourth-order valence-electron chi connectivity index (χ4n) is 2.98. The van der Waals surface area contributed by atoms with Crippen LogP contribution < -0.4 is 5.32 Å². The molecule has 3 aromatic heterocycles. The van der Waals surface area contributed by atoms with Gasteiger partial charge in [-0.25, -0.2) is 13.4 Å². The van der Waals surface area contributed by atoms with Crippen LogP contribution in [-0.2, 0) is 14.8 Å². The Bertz CT molecular complexity index is 1070. The molecule has 1 N–H and O–H groups in total. The van der Waals surface area contributed by atoms with Gasteiger partial charge in [0.1, 0.15) is 4.21 Å². The van der Waals surface area contributed by atoms with Gasteiger partial charge in [0.05, 0.1) is 5.92 Å². The van der Waals surface area contributed by atoms with Gasteiger partial charge in [-0.3, -0.25) is 4.79 Å². The van der Waals surface area contributed by atoms with Gasteiger partial charge in [-0.2, -0.15) is 9.29 Å². The number of nitrogens with zero attached hydrogens (tertiary/aromatic N) is 4. The molecule has 1 fully saturated rings. The minimum absolute atomic E-state index is 0.147. The number of anilines is 1. The minimum Gasteiger partial charge on any atom is -0.339 e. The van der Waals surface area contributed by atoms with Crippen LogP contribution in [-0.4, -0.2) is 46.8 Å². The van der Waals surface area contributed by atoms with E-state index in [2.05, 4.69) is 20.4 Å². The van der Waals surface area contributed by atoms with E-state index in [9.17, 15) is 13.2 Å². The predicted octanol–water partition coefficient (Wildman–Crippen LogP) is 2.60. The lowest BCUT2D eigenvalue weighted by Gasteiger charge is -2.30. The van der Waals surface area contributed by atoms with Crippen molar-refractivity contribution in [2.24, 2.45) is 5.92 Å². The molecule has 0 bridgehead atoms. The van der Waals surface area contributed by atoms with Crippen molar-refractivity contribution < 1.29 is 17.7 Å². The summed E-state index contributed by atoms with van der Waals surface area (Å²) in [5.74, 6) is 0.154. The molecule has 148 valence electrons. The number of aromatic nitrogens is 3. The third kappa shape index (κ3) is 3.85. The Morgan fingerprint density at radius 1 is 1.39 bits per heavy atom. The monoisotopic (exact) mass is 439 g/mol. The van der Waals surface area contributed by atoms with E-state index in [0.29, 0.717) is 41.8 Å². The lowest BCUT2D eigenvalue weighted by molar-refractivity contribution is -0.120. The van der Waals surface area contributed by atoms with Crippen molar-refractivity contribution >= 4 is 43.7 Å². The normalized spacial score (nSPS) is 18.2. The first-order valence-electron chi connectivity index (χ1n) is 8.53. The number of hydrogen-bond acceptors (Lipinski definition) is 9. The summed E-state index contributed by atoms with van der Waals surface area (Å²) in [6.45, 7) is 2.21. The van der Waals surface area contributed by atoms with Crippen LogP contribution in [0.15, 0.2) is 31.8 Å². The lowest BCUT2D eigenvalue weighted by atomic mass is 9.99. The standard InChI is InChI=1S/C16H17N5O4S3/c1-10-18-14(20-25-10)12-7-13(27-9-12)28(23,24)21-5-2-3-11(8-21)15(22)19-16-17-4-6-26-16/h4,6-7,9,11H,2-3,5,8H2,1H3,(H,17,19,22). The number of piperidine rings is 1. The van der Waals surface area contributed by atoms with E-state index in [4.69, 9.17) is 4.52 Å². The molecule has 1 saturated heterocycles. The minimum atomic E-state index is -3.70. The third-order valence-electron chi connectivity index (χ3n) is 4.37. The molecule has 0 spiro atoms. The van der Waals surface area contributed by atoms with Gasteiger partial charge in [0.15, 0.2) is 5.13 Å². The third-order valence-corrected chi connectivity index (χ3v) is 8.34. The van der Waals surface area contributed by atoms with Crippen LogP contribution >= 0.6 is 22.7 Å². The molecule has 1 atom stereocenters. The Kier molecular flexibility index (Phi) is 5.27. The van der Waals surface area contributed by atoms with Gasteiger partial charge in [0.2, 0.25) is 17.6 Å². The zero-order valence-electron chi connectivity index (χ0n) is 14.9. The van der Waals surface area contributed by atoms with Gasteiger partial charge in [-0.15, -0.1) is 22.7 Å². The largest absolute Gasteiger partial charge is 0.339 e. The molecule has 3 aromatic rings. The average molecular weight is 440 g/mol. The Hall–Kier alpha value is -2.15. The van der Waals surface area contributed by atoms with Crippen molar-refractivity contribution in [3.05, 3.63) is 28.9 Å². The molecule has 4 heterocycles. The highest BCUT2D eigenvalue weighted by atomic mass is 32.2. The van der Waals surface area contributed by atoms with Crippen molar-refractivity contribution in [1.82, 2.24) is 19.4 Å². The smallest absolute Gasteiger partial charge is 0.252 e. The van der Waals surface area contributed by atoms with Crippen molar-refractivity contribution in [2.45, 2.75) is 24.0 Å². The molecule has 28 heavy (non-hydrogen) atoms. The number of rotatable bonds is 5. The molecule has 9 nitrogen and oxygen atoms in total. The van der Waals surface area contributed by atoms with Crippen LogP contribution in [0, 0.1) is 12.8 Å². The topological polar surface area (TPSA) is 118 Å². The van der Waals surface area contributed by atoms with Crippen LogP contribution in [0.5, 0.6) is 0 Å². The van der Waals surface area contributed by atoms with E-state index in [1.165, 1.54) is 15.6 Å². The fourth-order valence-corrected chi connectivity index (χ4v) is 6.35. The molecule has 12 heteroatoms. The number of aryl methyl sites for hydroxylation is 1. The van der Waals surface area contributed by atoms with Crippen LogP contribution in [0.1, 0.15) is 18.7 Å². The van der Waals surface area contributed by atoms with Crippen LogP contribution in [0.25, 0.3) is 11.4 Å². The molecule has 4 rings (SSSR count). The maximum Gasteiger partial charge on any atom is 0.252 e. The lowest BCUT2D eigenvalue weighted by Crippen LogP contribution is -2.43. The maximum absolute atomic E-state index is 13.1. The van der Waals surface area contributed by atoms with Gasteiger partial charge in [-0.05, 0) is 18.9 Å². The van der Waals surface area contributed by atoms with Gasteiger partial charge in [-0.1, -0.05) is 5.16 Å². The van der Waals surface area contributed by atoms with Gasteiger partial charge < -0.3 is 9.84 Å². The number of thiophene rings is 1. The molecular formula is C16H17N5O4S3. The molecular weight excluding hydrogens is 422 g/mol. The zero-order valence-corrected chi connectivity index (χ0v) is 17.3. The second kappa shape index (κ2) is 7.70. The number of thiazole rings is 1. The second-order valence-corrected chi connectivity index (χ2v) is 10.3. The van der Waals surface area contributed by atoms with E-state index in [0.717, 1.165) is 11.3 Å². The first-order chi connectivity index (χ1) is 13.4. The summed E-state index contributed by atoms with van der Waals surface area (Å²) in [7, 11) is -3.70. The quantitative estimate of drug-likeness (QED) is 0.649. The molecule has 1 aliphatic heterocycles. The molecule has 0 aromatic carbocycles. The highest BCUT2D eigenvalue weighted by Gasteiger charge is 2.34. The Morgan fingerprint density at radius 3 is 2.96 bits per heavy atom. The number of carbonyl (C=O) groups excluding carboxylic acids is 1. The summed E-state index contributed by atoms with van der Waals surface area (Å²) < 4.78 is 32.6. The first-order valence-corrected chi connectivity index (χ1v) is 11.7. The summed E-state index contributed by atoms with van der Waals surface area (Å²) in [4.78, 5) is 20.6. The van der Waals surface area contributed by atoms with E-state index < -0.39 is 15.9 Å². The molecule has 1 unspecified atom stereocenters. The Morgan fingerprint density at radius 2 is 2.25 bits per heavy atom. The van der Waals surface area contributed by atoms with Crippen LogP contribution in [0.3, 0.4) is 0 Å². The summed E-state index contributed by atoms with van der Waals surface area (Å²) >= 11 is 2.44. The number of sulfonamides is 1.